The van der Waals surface area contributed by atoms with Crippen LogP contribution in [-0.4, -0.2) is 32.3 Å². The number of amides is 1. The third-order valence-corrected chi connectivity index (χ3v) is 5.36. The number of benzene rings is 2. The summed E-state index contributed by atoms with van der Waals surface area (Å²) in [5.74, 6) is 3.33. The first-order valence-corrected chi connectivity index (χ1v) is 12.1. The number of nitrogens with one attached hydrogen (secondary N) is 1. The summed E-state index contributed by atoms with van der Waals surface area (Å²) in [6.07, 6.45) is 4.20. The summed E-state index contributed by atoms with van der Waals surface area (Å²) in [7, 11) is 0. The Morgan fingerprint density at radius 2 is 1.76 bits per heavy atom. The molecule has 0 spiro atoms. The Labute approximate surface area is 203 Å². The van der Waals surface area contributed by atoms with E-state index in [0.717, 1.165) is 29.0 Å². The van der Waals surface area contributed by atoms with Crippen LogP contribution in [0.15, 0.2) is 42.5 Å². The first-order valence-electron chi connectivity index (χ1n) is 12.1. The SMILES string of the molecule is CCOc1cc(C=CC(=O)NC(c2ccc3c(c2)OCCCO3)C(C)C)ccc1OCC(C)C. The summed E-state index contributed by atoms with van der Waals surface area (Å²) in [6.45, 7) is 12.8. The summed E-state index contributed by atoms with van der Waals surface area (Å²) in [6, 6.07) is 11.4. The molecule has 1 N–H and O–H groups in total. The van der Waals surface area contributed by atoms with Crippen molar-refractivity contribution in [3.8, 4) is 23.0 Å². The Morgan fingerprint density at radius 1 is 1.00 bits per heavy atom. The van der Waals surface area contributed by atoms with Gasteiger partial charge in [0, 0.05) is 12.5 Å². The fraction of sp³-hybridized carbons (Fsp3) is 0.464. The van der Waals surface area contributed by atoms with Gasteiger partial charge in [-0.15, -0.1) is 0 Å². The summed E-state index contributed by atoms with van der Waals surface area (Å²) < 4.78 is 23.2. The molecule has 0 radical (unpaired) electrons. The van der Waals surface area contributed by atoms with Crippen LogP contribution < -0.4 is 24.3 Å². The lowest BCUT2D eigenvalue weighted by Gasteiger charge is -2.23. The summed E-state index contributed by atoms with van der Waals surface area (Å²) in [5, 5.41) is 3.13. The second-order valence-corrected chi connectivity index (χ2v) is 9.16. The number of carbonyl (C=O) groups excluding carboxylic acids is 1. The summed E-state index contributed by atoms with van der Waals surface area (Å²) in [4.78, 5) is 12.8. The molecule has 1 atom stereocenters. The maximum absolute atomic E-state index is 12.8. The molecule has 2 aromatic rings. The van der Waals surface area contributed by atoms with Crippen molar-refractivity contribution in [2.24, 2.45) is 11.8 Å². The van der Waals surface area contributed by atoms with E-state index in [0.29, 0.717) is 43.8 Å². The molecule has 1 amide bonds. The first kappa shape index (κ1) is 25.5. The molecular formula is C28H37NO5. The molecule has 0 aromatic heterocycles. The zero-order chi connectivity index (χ0) is 24.5. The lowest BCUT2D eigenvalue weighted by atomic mass is 9.95. The van der Waals surface area contributed by atoms with Crippen LogP contribution in [0, 0.1) is 11.8 Å². The van der Waals surface area contributed by atoms with Crippen molar-refractivity contribution >= 4 is 12.0 Å². The monoisotopic (exact) mass is 467 g/mol. The number of fused-ring (bicyclic) bond motifs is 1. The van der Waals surface area contributed by atoms with E-state index in [1.807, 2.05) is 43.3 Å². The van der Waals surface area contributed by atoms with Gasteiger partial charge in [-0.25, -0.2) is 0 Å². The molecule has 3 rings (SSSR count). The van der Waals surface area contributed by atoms with E-state index < -0.39 is 0 Å². The van der Waals surface area contributed by atoms with Gasteiger partial charge in [-0.05, 0) is 60.2 Å². The average Bonchev–Trinajstić information content (AvgIpc) is 3.05. The summed E-state index contributed by atoms with van der Waals surface area (Å²) in [5.41, 5.74) is 1.86. The highest BCUT2D eigenvalue weighted by atomic mass is 16.5. The molecule has 6 heteroatoms. The fourth-order valence-corrected chi connectivity index (χ4v) is 3.65. The van der Waals surface area contributed by atoms with Gasteiger partial charge in [0.05, 0.1) is 32.5 Å². The van der Waals surface area contributed by atoms with Gasteiger partial charge >= 0.3 is 0 Å². The van der Waals surface area contributed by atoms with Gasteiger partial charge in [0.25, 0.3) is 0 Å². The minimum Gasteiger partial charge on any atom is -0.490 e. The molecule has 0 saturated heterocycles. The number of rotatable bonds is 10. The standard InChI is InChI=1S/C28H37NO5/c1-6-31-25-16-21(8-11-24(25)34-18-19(2)3)9-13-27(30)29-28(20(4)5)22-10-12-23-26(17-22)33-15-7-14-32-23/h8-13,16-17,19-20,28H,6-7,14-15,18H2,1-5H3,(H,29,30). The van der Waals surface area contributed by atoms with Crippen LogP contribution in [0.25, 0.3) is 6.08 Å². The third-order valence-electron chi connectivity index (χ3n) is 5.36. The van der Waals surface area contributed by atoms with Crippen molar-refractivity contribution < 1.29 is 23.7 Å². The molecule has 0 bridgehead atoms. The van der Waals surface area contributed by atoms with Crippen molar-refractivity contribution in [3.63, 3.8) is 0 Å². The van der Waals surface area contributed by atoms with Crippen LogP contribution >= 0.6 is 0 Å². The average molecular weight is 468 g/mol. The molecule has 2 aromatic carbocycles. The maximum Gasteiger partial charge on any atom is 0.244 e. The Hall–Kier alpha value is -3.15. The van der Waals surface area contributed by atoms with Crippen molar-refractivity contribution in [2.45, 2.75) is 47.1 Å². The summed E-state index contributed by atoms with van der Waals surface area (Å²) >= 11 is 0. The molecule has 34 heavy (non-hydrogen) atoms. The highest BCUT2D eigenvalue weighted by Crippen LogP contribution is 2.34. The van der Waals surface area contributed by atoms with Gasteiger partial charge in [-0.3, -0.25) is 4.79 Å². The lowest BCUT2D eigenvalue weighted by Crippen LogP contribution is -2.30. The molecule has 6 nitrogen and oxygen atoms in total. The molecule has 184 valence electrons. The van der Waals surface area contributed by atoms with E-state index in [-0.39, 0.29) is 17.9 Å². The van der Waals surface area contributed by atoms with Gasteiger partial charge in [-0.2, -0.15) is 0 Å². The molecule has 0 saturated carbocycles. The zero-order valence-corrected chi connectivity index (χ0v) is 20.9. The Balaban J connectivity index is 1.71. The normalized spacial score (nSPS) is 14.2. The number of hydrogen-bond acceptors (Lipinski definition) is 5. The quantitative estimate of drug-likeness (QED) is 0.447. The predicted molar refractivity (Wildman–Crippen MR) is 135 cm³/mol. The van der Waals surface area contributed by atoms with E-state index >= 15 is 0 Å². The number of hydrogen-bond donors (Lipinski definition) is 1. The largest absolute Gasteiger partial charge is 0.490 e. The minimum atomic E-state index is -0.163. The molecule has 1 unspecified atom stereocenters. The highest BCUT2D eigenvalue weighted by molar-refractivity contribution is 5.92. The minimum absolute atomic E-state index is 0.153. The van der Waals surface area contributed by atoms with E-state index in [1.54, 1.807) is 12.2 Å². The molecule has 1 heterocycles. The van der Waals surface area contributed by atoms with Gasteiger partial charge in [0.1, 0.15) is 0 Å². The van der Waals surface area contributed by atoms with Crippen LogP contribution in [-0.2, 0) is 4.79 Å². The highest BCUT2D eigenvalue weighted by Gasteiger charge is 2.20. The number of carbonyl (C=O) groups is 1. The smallest absolute Gasteiger partial charge is 0.244 e. The zero-order valence-electron chi connectivity index (χ0n) is 20.9. The van der Waals surface area contributed by atoms with Crippen LogP contribution in [0.1, 0.15) is 58.2 Å². The van der Waals surface area contributed by atoms with E-state index in [4.69, 9.17) is 18.9 Å². The molecule has 0 fully saturated rings. The van der Waals surface area contributed by atoms with E-state index in [9.17, 15) is 4.79 Å². The lowest BCUT2D eigenvalue weighted by molar-refractivity contribution is -0.117. The van der Waals surface area contributed by atoms with Crippen molar-refractivity contribution in [3.05, 3.63) is 53.6 Å². The molecule has 1 aliphatic rings. The predicted octanol–water partition coefficient (Wildman–Crippen LogP) is 5.81. The van der Waals surface area contributed by atoms with Crippen LogP contribution in [0.3, 0.4) is 0 Å². The Kier molecular flexibility index (Phi) is 9.25. The van der Waals surface area contributed by atoms with Crippen molar-refractivity contribution in [1.82, 2.24) is 5.32 Å². The molecule has 1 aliphatic heterocycles. The molecular weight excluding hydrogens is 430 g/mol. The first-order chi connectivity index (χ1) is 16.4. The van der Waals surface area contributed by atoms with Crippen molar-refractivity contribution in [1.29, 1.82) is 0 Å². The van der Waals surface area contributed by atoms with Crippen LogP contribution in [0.5, 0.6) is 23.0 Å². The maximum atomic E-state index is 12.8. The number of ether oxygens (including phenoxy) is 4. The van der Waals surface area contributed by atoms with Gasteiger partial charge in [0.15, 0.2) is 23.0 Å². The van der Waals surface area contributed by atoms with Crippen LogP contribution in [0.2, 0.25) is 0 Å². The van der Waals surface area contributed by atoms with E-state index in [1.165, 1.54) is 0 Å². The van der Waals surface area contributed by atoms with Gasteiger partial charge in [-0.1, -0.05) is 39.8 Å². The van der Waals surface area contributed by atoms with Gasteiger partial charge in [0.2, 0.25) is 5.91 Å². The Bertz CT molecular complexity index is 983. The van der Waals surface area contributed by atoms with E-state index in [2.05, 4.69) is 33.0 Å². The topological polar surface area (TPSA) is 66.0 Å². The second kappa shape index (κ2) is 12.4. The van der Waals surface area contributed by atoms with Crippen LogP contribution in [0.4, 0.5) is 0 Å². The van der Waals surface area contributed by atoms with Gasteiger partial charge < -0.3 is 24.3 Å². The molecule has 0 aliphatic carbocycles. The Morgan fingerprint density at radius 3 is 2.47 bits per heavy atom. The fourth-order valence-electron chi connectivity index (χ4n) is 3.65. The van der Waals surface area contributed by atoms with Crippen molar-refractivity contribution in [2.75, 3.05) is 26.4 Å². The second-order valence-electron chi connectivity index (χ2n) is 9.16. The third kappa shape index (κ3) is 7.17.